The fourth-order valence-corrected chi connectivity index (χ4v) is 5.15. The average molecular weight is 569 g/mol. The molecule has 3 aromatic rings. The number of rotatable bonds is 9. The largest absolute Gasteiger partial charge is 0.421 e. The van der Waals surface area contributed by atoms with Crippen LogP contribution in [-0.4, -0.2) is 41.6 Å². The van der Waals surface area contributed by atoms with Crippen LogP contribution in [0, 0.1) is 11.6 Å². The number of likely N-dealkylation sites (tertiary alicyclic amines) is 1. The van der Waals surface area contributed by atoms with Crippen LogP contribution in [0.15, 0.2) is 78.0 Å². The van der Waals surface area contributed by atoms with E-state index in [4.69, 9.17) is 25.9 Å². The Morgan fingerprint density at radius 2 is 1.48 bits per heavy atom. The molecule has 2 aliphatic heterocycles. The highest BCUT2D eigenvalue weighted by atomic mass is 35.5. The summed E-state index contributed by atoms with van der Waals surface area (Å²) in [5, 5.41) is 4.84. The molecule has 0 radical (unpaired) electrons. The van der Waals surface area contributed by atoms with E-state index < -0.39 is 17.8 Å². The fourth-order valence-electron chi connectivity index (χ4n) is 5.03. The summed E-state index contributed by atoms with van der Waals surface area (Å²) in [5.41, 5.74) is 3.28. The van der Waals surface area contributed by atoms with Gasteiger partial charge in [0, 0.05) is 30.5 Å². The predicted octanol–water partition coefficient (Wildman–Crippen LogP) is 5.95. The Morgan fingerprint density at radius 1 is 0.900 bits per heavy atom. The third-order valence-electron chi connectivity index (χ3n) is 7.05. The van der Waals surface area contributed by atoms with Crippen molar-refractivity contribution in [3.63, 3.8) is 0 Å². The summed E-state index contributed by atoms with van der Waals surface area (Å²) in [6.07, 6.45) is 1.84. The molecule has 5 rings (SSSR count). The van der Waals surface area contributed by atoms with Crippen molar-refractivity contribution in [2.24, 2.45) is 5.16 Å². The van der Waals surface area contributed by atoms with E-state index in [1.165, 1.54) is 24.3 Å². The maximum atomic E-state index is 13.6. The topological polar surface area (TPSA) is 77.4 Å². The molecule has 0 unspecified atom stereocenters. The van der Waals surface area contributed by atoms with Crippen LogP contribution in [0.3, 0.4) is 0 Å². The van der Waals surface area contributed by atoms with Crippen molar-refractivity contribution in [2.45, 2.75) is 44.1 Å². The first-order chi connectivity index (χ1) is 19.3. The number of benzene rings is 3. The second-order valence-corrected chi connectivity index (χ2v) is 10.2. The number of ether oxygens (including phenoxy) is 2. The summed E-state index contributed by atoms with van der Waals surface area (Å²) in [7, 11) is 0. The summed E-state index contributed by atoms with van der Waals surface area (Å²) in [5.74, 6) is -4.48. The Labute approximate surface area is 235 Å². The zero-order valence-corrected chi connectivity index (χ0v) is 22.3. The van der Waals surface area contributed by atoms with Gasteiger partial charge in [0.05, 0.1) is 12.1 Å². The molecule has 0 saturated carbocycles. The third-order valence-corrected chi connectivity index (χ3v) is 7.31. The Kier molecular flexibility index (Phi) is 8.42. The summed E-state index contributed by atoms with van der Waals surface area (Å²) in [6, 6.07) is 19.7. The molecule has 0 atom stereocenters. The number of hydrogen-bond acceptors (Lipinski definition) is 7. The quantitative estimate of drug-likeness (QED) is 0.180. The van der Waals surface area contributed by atoms with E-state index in [1.807, 2.05) is 17.0 Å². The number of nitrogens with zero attached hydrogens (tertiary/aromatic N) is 2. The van der Waals surface area contributed by atoms with Gasteiger partial charge in [0.1, 0.15) is 18.2 Å². The maximum Gasteiger partial charge on any atom is 0.421 e. The van der Waals surface area contributed by atoms with Gasteiger partial charge in [-0.25, -0.2) is 23.3 Å². The van der Waals surface area contributed by atoms with Gasteiger partial charge >= 0.3 is 17.8 Å². The number of carbonyl (C=O) groups excluding carboxylic acids is 2. The van der Waals surface area contributed by atoms with E-state index >= 15 is 0 Å². The van der Waals surface area contributed by atoms with Crippen LogP contribution in [0.5, 0.6) is 0 Å². The molecule has 2 fully saturated rings. The SMILES string of the molecule is O=C1OC2(C/C(=N/OCc3ccc(Cl)cc3)CCN2CCCC(c2ccc(F)cc2)c2ccc(F)cc2)OC1=O. The molecule has 2 aliphatic rings. The van der Waals surface area contributed by atoms with Crippen molar-refractivity contribution in [3.8, 4) is 0 Å². The summed E-state index contributed by atoms with van der Waals surface area (Å²) in [6.45, 7) is 1.09. The molecule has 3 aromatic carbocycles. The lowest BCUT2D eigenvalue weighted by atomic mass is 9.87. The Balaban J connectivity index is 1.26. The van der Waals surface area contributed by atoms with Gasteiger partial charge in [0.2, 0.25) is 0 Å². The van der Waals surface area contributed by atoms with Gasteiger partial charge < -0.3 is 14.3 Å². The Morgan fingerprint density at radius 3 is 2.05 bits per heavy atom. The van der Waals surface area contributed by atoms with E-state index in [-0.39, 0.29) is 30.6 Å². The third kappa shape index (κ3) is 6.48. The number of hydrogen-bond donors (Lipinski definition) is 0. The fraction of sp³-hybridized carbons (Fsp3) is 0.300. The van der Waals surface area contributed by atoms with E-state index in [0.29, 0.717) is 43.1 Å². The zero-order valence-electron chi connectivity index (χ0n) is 21.5. The number of carbonyl (C=O) groups is 2. The van der Waals surface area contributed by atoms with Crippen molar-refractivity contribution in [3.05, 3.63) is 106 Å². The van der Waals surface area contributed by atoms with Gasteiger partial charge in [-0.2, -0.15) is 0 Å². The highest BCUT2D eigenvalue weighted by molar-refractivity contribution is 6.31. The van der Waals surface area contributed by atoms with Crippen LogP contribution < -0.4 is 0 Å². The van der Waals surface area contributed by atoms with E-state index in [9.17, 15) is 18.4 Å². The zero-order chi connectivity index (χ0) is 28.1. The van der Waals surface area contributed by atoms with Crippen LogP contribution in [0.25, 0.3) is 0 Å². The second-order valence-electron chi connectivity index (χ2n) is 9.76. The van der Waals surface area contributed by atoms with Crippen molar-refractivity contribution in [1.82, 2.24) is 4.90 Å². The minimum Gasteiger partial charge on any atom is -0.399 e. The van der Waals surface area contributed by atoms with Crippen molar-refractivity contribution in [2.75, 3.05) is 13.1 Å². The van der Waals surface area contributed by atoms with E-state index in [0.717, 1.165) is 16.7 Å². The maximum absolute atomic E-state index is 13.6. The predicted molar refractivity (Wildman–Crippen MR) is 143 cm³/mol. The minimum atomic E-state index is -1.59. The van der Waals surface area contributed by atoms with Gasteiger partial charge in [-0.05, 0) is 65.9 Å². The van der Waals surface area contributed by atoms with Crippen molar-refractivity contribution >= 4 is 29.3 Å². The highest BCUT2D eigenvalue weighted by Crippen LogP contribution is 2.36. The first-order valence-electron chi connectivity index (χ1n) is 13.0. The summed E-state index contributed by atoms with van der Waals surface area (Å²) in [4.78, 5) is 31.5. The van der Waals surface area contributed by atoms with E-state index in [2.05, 4.69) is 5.16 Å². The minimum absolute atomic E-state index is 0.0600. The molecule has 0 aromatic heterocycles. The molecule has 0 amide bonds. The molecule has 7 nitrogen and oxygen atoms in total. The van der Waals surface area contributed by atoms with Crippen LogP contribution in [-0.2, 0) is 30.5 Å². The first-order valence-corrected chi connectivity index (χ1v) is 13.3. The Hall–Kier alpha value is -3.82. The van der Waals surface area contributed by atoms with Gasteiger partial charge in [-0.1, -0.05) is 53.2 Å². The summed E-state index contributed by atoms with van der Waals surface area (Å²) >= 11 is 5.92. The van der Waals surface area contributed by atoms with Gasteiger partial charge in [0.25, 0.3) is 0 Å². The first kappa shape index (κ1) is 27.7. The van der Waals surface area contributed by atoms with Crippen molar-refractivity contribution < 1.29 is 32.7 Å². The summed E-state index contributed by atoms with van der Waals surface area (Å²) < 4.78 is 38.1. The van der Waals surface area contributed by atoms with Crippen LogP contribution in [0.1, 0.15) is 48.3 Å². The number of piperidine rings is 1. The molecule has 40 heavy (non-hydrogen) atoms. The lowest BCUT2D eigenvalue weighted by Gasteiger charge is -2.40. The van der Waals surface area contributed by atoms with Gasteiger partial charge in [0.15, 0.2) is 0 Å². The standard InChI is InChI=1S/C30H27ClF2N2O5/c31-23-9-3-20(4-10-23)19-38-34-26-15-17-35(30(18-26)39-28(36)29(37)40-30)16-1-2-27(21-5-11-24(32)12-6-21)22-7-13-25(33)14-8-22/h3-14,27H,1-2,15-19H2/b34-26+. The average Bonchev–Trinajstić information content (AvgIpc) is 3.22. The van der Waals surface area contributed by atoms with Gasteiger partial charge in [-0.15, -0.1) is 0 Å². The molecule has 1 spiro atoms. The lowest BCUT2D eigenvalue weighted by molar-refractivity contribution is -0.250. The molecular formula is C30H27ClF2N2O5. The van der Waals surface area contributed by atoms with E-state index in [1.54, 1.807) is 36.4 Å². The van der Waals surface area contributed by atoms with Crippen LogP contribution in [0.2, 0.25) is 5.02 Å². The lowest BCUT2D eigenvalue weighted by Crippen LogP contribution is -2.55. The molecular weight excluding hydrogens is 542 g/mol. The molecule has 0 aliphatic carbocycles. The van der Waals surface area contributed by atoms with Crippen LogP contribution >= 0.6 is 11.6 Å². The van der Waals surface area contributed by atoms with Gasteiger partial charge in [-0.3, -0.25) is 0 Å². The molecule has 10 heteroatoms. The number of esters is 2. The number of oxime groups is 1. The highest BCUT2D eigenvalue weighted by Gasteiger charge is 2.55. The monoisotopic (exact) mass is 568 g/mol. The molecule has 2 heterocycles. The normalized spacial score (nSPS) is 17.9. The molecule has 0 bridgehead atoms. The molecule has 208 valence electrons. The second kappa shape index (κ2) is 12.1. The molecule has 0 N–H and O–H groups in total. The van der Waals surface area contributed by atoms with Crippen molar-refractivity contribution in [1.29, 1.82) is 0 Å². The van der Waals surface area contributed by atoms with Crippen LogP contribution in [0.4, 0.5) is 8.78 Å². The molecule has 2 saturated heterocycles. The smallest absolute Gasteiger partial charge is 0.399 e. The number of halogens is 3. The Bertz CT molecular complexity index is 1320.